The van der Waals surface area contributed by atoms with Crippen LogP contribution in [0.4, 0.5) is 11.5 Å². The highest BCUT2D eigenvalue weighted by Crippen LogP contribution is 2.17. The summed E-state index contributed by atoms with van der Waals surface area (Å²) in [5.74, 6) is 0.328. The van der Waals surface area contributed by atoms with Crippen molar-refractivity contribution in [3.63, 3.8) is 0 Å². The summed E-state index contributed by atoms with van der Waals surface area (Å²) in [4.78, 5) is 20.7. The lowest BCUT2D eigenvalue weighted by Crippen LogP contribution is -2.15. The first-order chi connectivity index (χ1) is 12.1. The number of nitrogens with zero attached hydrogens (tertiary/aromatic N) is 2. The Morgan fingerprint density at radius 1 is 1.00 bits per heavy atom. The Balaban J connectivity index is 1.63. The second kappa shape index (κ2) is 7.90. The van der Waals surface area contributed by atoms with Gasteiger partial charge in [0.05, 0.1) is 12.4 Å². The average molecular weight is 397 g/mol. The first-order valence-corrected chi connectivity index (χ1v) is 8.61. The number of anilines is 2. The number of benzene rings is 2. The maximum atomic E-state index is 12.2. The average Bonchev–Trinajstić information content (AvgIpc) is 2.65. The summed E-state index contributed by atoms with van der Waals surface area (Å²) in [7, 11) is 0. The molecule has 2 aromatic carbocycles. The first-order valence-electron chi connectivity index (χ1n) is 7.82. The molecule has 1 atom stereocenters. The summed E-state index contributed by atoms with van der Waals surface area (Å²) < 4.78 is 0.952. The van der Waals surface area contributed by atoms with Gasteiger partial charge in [-0.15, -0.1) is 0 Å². The van der Waals surface area contributed by atoms with Gasteiger partial charge in [-0.2, -0.15) is 0 Å². The number of amides is 1. The van der Waals surface area contributed by atoms with Gasteiger partial charge in [0.2, 0.25) is 0 Å². The van der Waals surface area contributed by atoms with Gasteiger partial charge in [-0.3, -0.25) is 4.79 Å². The predicted octanol–water partition coefficient (Wildman–Crippen LogP) is 4.66. The third-order valence-electron chi connectivity index (χ3n) is 3.65. The summed E-state index contributed by atoms with van der Waals surface area (Å²) in [5, 5.41) is 6.06. The number of carbonyl (C=O) groups is 1. The molecule has 0 radical (unpaired) electrons. The normalized spacial score (nSPS) is 11.6. The third kappa shape index (κ3) is 4.64. The maximum Gasteiger partial charge on any atom is 0.275 e. The van der Waals surface area contributed by atoms with Crippen LogP contribution in [-0.2, 0) is 0 Å². The summed E-state index contributed by atoms with van der Waals surface area (Å²) in [6.45, 7) is 2.05. The van der Waals surface area contributed by atoms with Crippen molar-refractivity contribution < 1.29 is 4.79 Å². The second-order valence-electron chi connectivity index (χ2n) is 5.52. The smallest absolute Gasteiger partial charge is 0.275 e. The highest BCUT2D eigenvalue weighted by atomic mass is 79.9. The van der Waals surface area contributed by atoms with E-state index in [1.165, 1.54) is 6.20 Å². The molecule has 5 nitrogen and oxygen atoms in total. The Morgan fingerprint density at radius 2 is 1.72 bits per heavy atom. The third-order valence-corrected chi connectivity index (χ3v) is 4.18. The van der Waals surface area contributed by atoms with E-state index in [0.29, 0.717) is 11.5 Å². The SMILES string of the molecule is CC(Nc1cnc(C(=O)Nc2ccc(Br)cc2)cn1)c1ccccc1. The molecule has 1 amide bonds. The molecule has 25 heavy (non-hydrogen) atoms. The van der Waals surface area contributed by atoms with Gasteiger partial charge in [-0.25, -0.2) is 9.97 Å². The Kier molecular flexibility index (Phi) is 5.40. The van der Waals surface area contributed by atoms with Crippen LogP contribution in [0.3, 0.4) is 0 Å². The molecule has 6 heteroatoms. The maximum absolute atomic E-state index is 12.2. The molecule has 126 valence electrons. The minimum atomic E-state index is -0.294. The quantitative estimate of drug-likeness (QED) is 0.657. The summed E-state index contributed by atoms with van der Waals surface area (Å²) in [6, 6.07) is 17.5. The molecule has 0 spiro atoms. The van der Waals surface area contributed by atoms with E-state index in [1.54, 1.807) is 6.20 Å². The number of halogens is 1. The van der Waals surface area contributed by atoms with E-state index in [2.05, 4.69) is 36.5 Å². The van der Waals surface area contributed by atoms with Crippen LogP contribution in [0, 0.1) is 0 Å². The molecule has 0 aliphatic heterocycles. The van der Waals surface area contributed by atoms with E-state index in [9.17, 15) is 4.79 Å². The van der Waals surface area contributed by atoms with E-state index in [1.807, 2.05) is 61.5 Å². The number of rotatable bonds is 5. The largest absolute Gasteiger partial charge is 0.362 e. The molecular weight excluding hydrogens is 380 g/mol. The minimum Gasteiger partial charge on any atom is -0.362 e. The number of nitrogens with one attached hydrogen (secondary N) is 2. The molecule has 0 aliphatic carbocycles. The molecule has 1 aromatic heterocycles. The van der Waals surface area contributed by atoms with Crippen LogP contribution in [0.15, 0.2) is 71.5 Å². The Morgan fingerprint density at radius 3 is 2.36 bits per heavy atom. The Bertz CT molecular complexity index is 836. The van der Waals surface area contributed by atoms with Crippen LogP contribution in [0.2, 0.25) is 0 Å². The van der Waals surface area contributed by atoms with Gasteiger partial charge < -0.3 is 10.6 Å². The van der Waals surface area contributed by atoms with Crippen molar-refractivity contribution in [2.24, 2.45) is 0 Å². The number of hydrogen-bond acceptors (Lipinski definition) is 4. The molecule has 0 aliphatic rings. The number of carbonyl (C=O) groups excluding carboxylic acids is 1. The van der Waals surface area contributed by atoms with Gasteiger partial charge in [-0.1, -0.05) is 46.3 Å². The molecule has 1 heterocycles. The molecule has 0 bridgehead atoms. The molecule has 1 unspecified atom stereocenters. The zero-order chi connectivity index (χ0) is 17.6. The van der Waals surface area contributed by atoms with Crippen molar-refractivity contribution in [3.05, 3.63) is 82.7 Å². The van der Waals surface area contributed by atoms with Crippen LogP contribution >= 0.6 is 15.9 Å². The van der Waals surface area contributed by atoms with E-state index in [4.69, 9.17) is 0 Å². The fraction of sp³-hybridized carbons (Fsp3) is 0.105. The summed E-state index contributed by atoms with van der Waals surface area (Å²) >= 11 is 3.36. The molecule has 2 N–H and O–H groups in total. The Labute approximate surface area is 154 Å². The van der Waals surface area contributed by atoms with Crippen LogP contribution < -0.4 is 10.6 Å². The van der Waals surface area contributed by atoms with Crippen LogP contribution in [0.5, 0.6) is 0 Å². The summed E-state index contributed by atoms with van der Waals surface area (Å²) in [6.07, 6.45) is 3.03. The van der Waals surface area contributed by atoms with Crippen molar-refractivity contribution in [1.82, 2.24) is 9.97 Å². The minimum absolute atomic E-state index is 0.0953. The first kappa shape index (κ1) is 17.1. The molecule has 0 saturated heterocycles. The van der Waals surface area contributed by atoms with E-state index in [0.717, 1.165) is 10.0 Å². The van der Waals surface area contributed by atoms with Crippen molar-refractivity contribution in [3.8, 4) is 0 Å². The molecule has 3 aromatic rings. The molecule has 0 fully saturated rings. The standard InChI is InChI=1S/C19H17BrN4O/c1-13(14-5-3-2-4-6-14)23-18-12-21-17(11-22-18)19(25)24-16-9-7-15(20)8-10-16/h2-13H,1H3,(H,22,23)(H,24,25). The van der Waals surface area contributed by atoms with Crippen LogP contribution in [-0.4, -0.2) is 15.9 Å². The highest BCUT2D eigenvalue weighted by Gasteiger charge is 2.10. The lowest BCUT2D eigenvalue weighted by molar-refractivity contribution is 0.102. The second-order valence-corrected chi connectivity index (χ2v) is 6.44. The van der Waals surface area contributed by atoms with Gasteiger partial charge in [0.1, 0.15) is 11.5 Å². The predicted molar refractivity (Wildman–Crippen MR) is 103 cm³/mol. The van der Waals surface area contributed by atoms with Gasteiger partial charge >= 0.3 is 0 Å². The van der Waals surface area contributed by atoms with E-state index < -0.39 is 0 Å². The fourth-order valence-electron chi connectivity index (χ4n) is 2.30. The monoisotopic (exact) mass is 396 g/mol. The zero-order valence-electron chi connectivity index (χ0n) is 13.6. The van der Waals surface area contributed by atoms with Crippen molar-refractivity contribution in [1.29, 1.82) is 0 Å². The van der Waals surface area contributed by atoms with Gasteiger partial charge in [-0.05, 0) is 36.8 Å². The highest BCUT2D eigenvalue weighted by molar-refractivity contribution is 9.10. The van der Waals surface area contributed by atoms with Crippen molar-refractivity contribution >= 4 is 33.3 Å². The van der Waals surface area contributed by atoms with Gasteiger partial charge in [0, 0.05) is 16.2 Å². The van der Waals surface area contributed by atoms with Crippen molar-refractivity contribution in [2.75, 3.05) is 10.6 Å². The van der Waals surface area contributed by atoms with Gasteiger partial charge in [0.25, 0.3) is 5.91 Å². The van der Waals surface area contributed by atoms with E-state index in [-0.39, 0.29) is 17.6 Å². The Hall–Kier alpha value is -2.73. The topological polar surface area (TPSA) is 66.9 Å². The molecule has 0 saturated carbocycles. The lowest BCUT2D eigenvalue weighted by Gasteiger charge is -2.14. The molecule has 3 rings (SSSR count). The number of aromatic nitrogens is 2. The van der Waals surface area contributed by atoms with Crippen molar-refractivity contribution in [2.45, 2.75) is 13.0 Å². The van der Waals surface area contributed by atoms with Gasteiger partial charge in [0.15, 0.2) is 0 Å². The fourth-order valence-corrected chi connectivity index (χ4v) is 2.56. The zero-order valence-corrected chi connectivity index (χ0v) is 15.2. The molecular formula is C19H17BrN4O. The van der Waals surface area contributed by atoms with Crippen LogP contribution in [0.1, 0.15) is 29.0 Å². The lowest BCUT2D eigenvalue weighted by atomic mass is 10.1. The summed E-state index contributed by atoms with van der Waals surface area (Å²) in [5.41, 5.74) is 2.12. The van der Waals surface area contributed by atoms with Crippen LogP contribution in [0.25, 0.3) is 0 Å². The number of hydrogen-bond donors (Lipinski definition) is 2. The van der Waals surface area contributed by atoms with E-state index >= 15 is 0 Å².